The molecule has 1 heterocycles. The zero-order valence-corrected chi connectivity index (χ0v) is 22.2. The highest BCUT2D eigenvalue weighted by atomic mass is 32.2. The molecule has 0 N–H and O–H groups in total. The summed E-state index contributed by atoms with van der Waals surface area (Å²) in [6.07, 6.45) is 2.42. The van der Waals surface area contributed by atoms with Gasteiger partial charge in [-0.2, -0.15) is 4.31 Å². The molecule has 0 radical (unpaired) electrons. The Morgan fingerprint density at radius 3 is 1.68 bits per heavy atom. The van der Waals surface area contributed by atoms with Crippen molar-refractivity contribution in [2.75, 3.05) is 14.2 Å². The fourth-order valence-corrected chi connectivity index (χ4v) is 6.55. The predicted octanol–water partition coefficient (Wildman–Crippen LogP) is 4.27. The van der Waals surface area contributed by atoms with Crippen LogP contribution in [0.3, 0.4) is 0 Å². The van der Waals surface area contributed by atoms with Gasteiger partial charge >= 0.3 is 0 Å². The number of methoxy groups -OCH3 is 2. The van der Waals surface area contributed by atoms with Crippen molar-refractivity contribution in [2.24, 2.45) is 0 Å². The van der Waals surface area contributed by atoms with Crippen LogP contribution in [0.4, 0.5) is 0 Å². The molecule has 0 atom stereocenters. The number of nitrogens with zero attached hydrogens (tertiary/aromatic N) is 2. The summed E-state index contributed by atoms with van der Waals surface area (Å²) in [5.41, 5.74) is 2.13. The molecule has 0 fully saturated rings. The summed E-state index contributed by atoms with van der Waals surface area (Å²) in [4.78, 5) is -0.105. The number of hydrogen-bond donors (Lipinski definition) is 0. The summed E-state index contributed by atoms with van der Waals surface area (Å²) in [5.74, 6) is 1.08. The molecule has 0 spiro atoms. The summed E-state index contributed by atoms with van der Waals surface area (Å²) in [6.45, 7) is 0.167. The number of aromatic nitrogens is 1. The number of benzene rings is 3. The van der Waals surface area contributed by atoms with Gasteiger partial charge in [0.1, 0.15) is 16.4 Å². The zero-order chi connectivity index (χ0) is 26.5. The summed E-state index contributed by atoms with van der Waals surface area (Å²) >= 11 is 0. The van der Waals surface area contributed by atoms with Crippen molar-refractivity contribution < 1.29 is 26.3 Å². The molecule has 8 nitrogen and oxygen atoms in total. The first-order chi connectivity index (χ1) is 17.7. The van der Waals surface area contributed by atoms with Gasteiger partial charge in [-0.1, -0.05) is 54.6 Å². The average Bonchev–Trinajstić information content (AvgIpc) is 3.42. The van der Waals surface area contributed by atoms with Crippen LogP contribution < -0.4 is 9.47 Å². The van der Waals surface area contributed by atoms with Gasteiger partial charge in [0.05, 0.1) is 20.0 Å². The van der Waals surface area contributed by atoms with Crippen molar-refractivity contribution in [3.05, 3.63) is 114 Å². The Morgan fingerprint density at radius 2 is 1.19 bits per heavy atom. The molecule has 3 aromatic carbocycles. The second-order valence-electron chi connectivity index (χ2n) is 8.39. The van der Waals surface area contributed by atoms with Crippen LogP contribution in [-0.4, -0.2) is 39.3 Å². The molecule has 0 saturated heterocycles. The molecule has 0 bridgehead atoms. The van der Waals surface area contributed by atoms with Crippen molar-refractivity contribution in [2.45, 2.75) is 23.7 Å². The van der Waals surface area contributed by atoms with Gasteiger partial charge in [0, 0.05) is 25.5 Å². The van der Waals surface area contributed by atoms with Crippen LogP contribution in [0.1, 0.15) is 16.7 Å². The first-order valence-electron chi connectivity index (χ1n) is 11.4. The lowest BCUT2D eigenvalue weighted by molar-refractivity contribution is 0.397. The molecule has 194 valence electrons. The minimum absolute atomic E-state index is 0.0836. The lowest BCUT2D eigenvalue weighted by atomic mass is 10.2. The Balaban J connectivity index is 1.64. The molecule has 0 unspecified atom stereocenters. The van der Waals surface area contributed by atoms with Gasteiger partial charge in [0.25, 0.3) is 0 Å². The number of ether oxygens (including phenoxy) is 2. The van der Waals surface area contributed by atoms with Crippen molar-refractivity contribution in [1.82, 2.24) is 8.28 Å². The molecule has 0 aliphatic carbocycles. The van der Waals surface area contributed by atoms with Crippen molar-refractivity contribution >= 4 is 20.0 Å². The van der Waals surface area contributed by atoms with E-state index in [2.05, 4.69) is 0 Å². The molecular weight excluding hydrogens is 512 g/mol. The molecule has 0 saturated carbocycles. The van der Waals surface area contributed by atoms with E-state index in [4.69, 9.17) is 9.47 Å². The highest BCUT2D eigenvalue weighted by molar-refractivity contribution is 7.90. The van der Waals surface area contributed by atoms with Crippen molar-refractivity contribution in [3.8, 4) is 11.5 Å². The molecule has 0 amide bonds. The molecular formula is C27H28N2O6S2. The number of sulfonamides is 1. The first kappa shape index (κ1) is 26.5. The molecule has 4 aromatic rings. The maximum absolute atomic E-state index is 13.8. The van der Waals surface area contributed by atoms with Crippen LogP contribution >= 0.6 is 0 Å². The van der Waals surface area contributed by atoms with Crippen molar-refractivity contribution in [3.63, 3.8) is 0 Å². The van der Waals surface area contributed by atoms with Gasteiger partial charge in [0.2, 0.25) is 20.0 Å². The molecule has 37 heavy (non-hydrogen) atoms. The maximum atomic E-state index is 13.8. The van der Waals surface area contributed by atoms with Crippen LogP contribution in [0.25, 0.3) is 0 Å². The van der Waals surface area contributed by atoms with Gasteiger partial charge < -0.3 is 9.47 Å². The standard InChI is InChI=1S/C27H28N2O6S2/c1-34-25-12-8-22(9-13-25)18-29(19-23-10-14-26(35-2)15-11-23)37(32,33)27-16-17-28(20-27)36(30,31)21-24-6-4-3-5-7-24/h3-17,20H,18-19,21H2,1-2H3. The Bertz CT molecular complexity index is 1480. The van der Waals surface area contributed by atoms with Crippen molar-refractivity contribution in [1.29, 1.82) is 0 Å². The lowest BCUT2D eigenvalue weighted by Crippen LogP contribution is -2.30. The zero-order valence-electron chi connectivity index (χ0n) is 20.5. The van der Waals surface area contributed by atoms with E-state index >= 15 is 0 Å². The SMILES string of the molecule is COc1ccc(CN(Cc2ccc(OC)cc2)S(=O)(=O)c2ccn(S(=O)(=O)Cc3ccccc3)c2)cc1. The molecule has 0 aliphatic rings. The fourth-order valence-electron chi connectivity index (χ4n) is 3.79. The highest BCUT2D eigenvalue weighted by Gasteiger charge is 2.27. The fraction of sp³-hybridized carbons (Fsp3) is 0.185. The third kappa shape index (κ3) is 6.40. The van der Waals surface area contributed by atoms with E-state index in [0.29, 0.717) is 17.1 Å². The summed E-state index contributed by atoms with van der Waals surface area (Å²) in [6, 6.07) is 24.3. The quantitative estimate of drug-likeness (QED) is 0.282. The lowest BCUT2D eigenvalue weighted by Gasteiger charge is -2.22. The van der Waals surface area contributed by atoms with E-state index in [-0.39, 0.29) is 23.7 Å². The van der Waals surface area contributed by atoms with E-state index < -0.39 is 20.0 Å². The number of rotatable bonds is 11. The molecule has 1 aromatic heterocycles. The van der Waals surface area contributed by atoms with Gasteiger partial charge in [-0.15, -0.1) is 0 Å². The van der Waals surface area contributed by atoms with E-state index in [1.54, 1.807) is 93.1 Å². The van der Waals surface area contributed by atoms with E-state index in [1.807, 2.05) is 0 Å². The Kier molecular flexibility index (Phi) is 8.01. The monoisotopic (exact) mass is 540 g/mol. The third-order valence-corrected chi connectivity index (χ3v) is 9.17. The second-order valence-corrected chi connectivity index (χ2v) is 12.2. The predicted molar refractivity (Wildman–Crippen MR) is 141 cm³/mol. The van der Waals surface area contributed by atoms with Gasteiger partial charge in [-0.3, -0.25) is 3.97 Å². The van der Waals surface area contributed by atoms with Gasteiger partial charge in [-0.05, 0) is 47.0 Å². The summed E-state index contributed by atoms with van der Waals surface area (Å²) in [7, 11) is -4.74. The smallest absolute Gasteiger partial charge is 0.245 e. The average molecular weight is 541 g/mol. The highest BCUT2D eigenvalue weighted by Crippen LogP contribution is 2.24. The maximum Gasteiger partial charge on any atom is 0.245 e. The minimum Gasteiger partial charge on any atom is -0.497 e. The summed E-state index contributed by atoms with van der Waals surface area (Å²) < 4.78 is 66.1. The second kappa shape index (κ2) is 11.2. The number of hydrogen-bond acceptors (Lipinski definition) is 6. The normalized spacial score (nSPS) is 12.0. The minimum atomic E-state index is -4.06. The Labute approximate surface area is 217 Å². The Hall–Kier alpha value is -3.60. The van der Waals surface area contributed by atoms with Crippen LogP contribution in [0.2, 0.25) is 0 Å². The molecule has 10 heteroatoms. The molecule has 0 aliphatic heterocycles. The largest absolute Gasteiger partial charge is 0.497 e. The van der Waals surface area contributed by atoms with Crippen LogP contribution in [0.15, 0.2) is 102 Å². The Morgan fingerprint density at radius 1 is 0.676 bits per heavy atom. The van der Waals surface area contributed by atoms with Crippen LogP contribution in [0, 0.1) is 0 Å². The van der Waals surface area contributed by atoms with E-state index in [1.165, 1.54) is 16.6 Å². The van der Waals surface area contributed by atoms with Gasteiger partial charge in [-0.25, -0.2) is 16.8 Å². The van der Waals surface area contributed by atoms with E-state index in [9.17, 15) is 16.8 Å². The van der Waals surface area contributed by atoms with Gasteiger partial charge in [0.15, 0.2) is 0 Å². The van der Waals surface area contributed by atoms with Crippen LogP contribution in [-0.2, 0) is 38.9 Å². The third-order valence-electron chi connectivity index (χ3n) is 5.83. The van der Waals surface area contributed by atoms with E-state index in [0.717, 1.165) is 21.3 Å². The topological polar surface area (TPSA) is 94.9 Å². The first-order valence-corrected chi connectivity index (χ1v) is 14.5. The molecule has 4 rings (SSSR count). The summed E-state index contributed by atoms with van der Waals surface area (Å²) in [5, 5.41) is 0. The van der Waals surface area contributed by atoms with Crippen LogP contribution in [0.5, 0.6) is 11.5 Å².